The number of amidine groups is 1. The van der Waals surface area contributed by atoms with Gasteiger partial charge in [0.15, 0.2) is 11.5 Å². The Bertz CT molecular complexity index is 2010. The number of fused-ring (bicyclic) bond motifs is 1. The van der Waals surface area contributed by atoms with E-state index in [1.807, 2.05) is 13.0 Å². The van der Waals surface area contributed by atoms with Gasteiger partial charge in [-0.15, -0.1) is 11.8 Å². The number of allylic oxidation sites excluding steroid dienone is 1. The zero-order chi connectivity index (χ0) is 41.3. The van der Waals surface area contributed by atoms with E-state index in [2.05, 4.69) is 26.1 Å². The molecule has 4 rings (SSSR count). The predicted molar refractivity (Wildman–Crippen MR) is 205 cm³/mol. The molecule has 23 heteroatoms. The second-order valence-electron chi connectivity index (χ2n) is 12.4. The summed E-state index contributed by atoms with van der Waals surface area (Å²) in [4.78, 5) is 86.9. The first kappa shape index (κ1) is 42.6. The number of carboxylic acid groups (broad SMARTS) is 2. The number of nitrogens with two attached hydrogens (primary N) is 2. The van der Waals surface area contributed by atoms with Crippen molar-refractivity contribution in [1.29, 1.82) is 0 Å². The summed E-state index contributed by atoms with van der Waals surface area (Å²) in [5.74, 6) is -5.40. The molecule has 4 heterocycles. The fourth-order valence-corrected chi connectivity index (χ4v) is 7.17. The van der Waals surface area contributed by atoms with Gasteiger partial charge in [0.25, 0.3) is 17.7 Å². The van der Waals surface area contributed by atoms with Crippen molar-refractivity contribution in [3.63, 3.8) is 0 Å². The van der Waals surface area contributed by atoms with Crippen LogP contribution in [0.3, 0.4) is 0 Å². The van der Waals surface area contributed by atoms with E-state index < -0.39 is 64.1 Å². The molecule has 1 saturated heterocycles. The lowest BCUT2D eigenvalue weighted by Crippen LogP contribution is -2.71. The molecule has 0 bridgehead atoms. The van der Waals surface area contributed by atoms with Gasteiger partial charge in [0.05, 0.1) is 16.9 Å². The van der Waals surface area contributed by atoms with Crippen molar-refractivity contribution in [3.8, 4) is 5.75 Å². The molecule has 3 aliphatic heterocycles. The molecular formula is C33H42N10O11S2. The van der Waals surface area contributed by atoms with Crippen molar-refractivity contribution < 1.29 is 49.3 Å². The van der Waals surface area contributed by atoms with Crippen LogP contribution in [-0.2, 0) is 24.0 Å². The summed E-state index contributed by atoms with van der Waals surface area (Å²) in [6.07, 6.45) is 4.34. The molecule has 3 aliphatic rings. The van der Waals surface area contributed by atoms with Crippen LogP contribution in [0.5, 0.6) is 5.75 Å². The van der Waals surface area contributed by atoms with Crippen molar-refractivity contribution >= 4 is 64.7 Å². The van der Waals surface area contributed by atoms with Gasteiger partial charge in [-0.2, -0.15) is 4.73 Å². The molecule has 0 saturated carbocycles. The number of carbonyl (C=O) groups excluding carboxylic acids is 3. The number of rotatable bonds is 18. The van der Waals surface area contributed by atoms with Gasteiger partial charge in [-0.25, -0.2) is 14.6 Å². The lowest BCUT2D eigenvalue weighted by atomic mass is 10.0. The summed E-state index contributed by atoms with van der Waals surface area (Å²) in [7, 11) is 0. The average Bonchev–Trinajstić information content (AvgIpc) is 3.15. The fourth-order valence-electron chi connectivity index (χ4n) is 5.20. The number of carbonyl (C=O) groups is 5. The molecule has 0 aromatic carbocycles. The van der Waals surface area contributed by atoms with Crippen molar-refractivity contribution in [3.05, 3.63) is 73.4 Å². The smallest absolute Gasteiger partial charge is 0.352 e. The van der Waals surface area contributed by atoms with Gasteiger partial charge in [-0.3, -0.25) is 24.1 Å². The third-order valence-electron chi connectivity index (χ3n) is 8.16. The van der Waals surface area contributed by atoms with Gasteiger partial charge in [-0.05, 0) is 36.8 Å². The molecule has 0 spiro atoms. The molecule has 3 atom stereocenters. The first-order chi connectivity index (χ1) is 26.5. The number of hydrogen-bond donors (Lipinski definition) is 9. The summed E-state index contributed by atoms with van der Waals surface area (Å²) in [5.41, 5.74) is 11.3. The number of aromatic hydroxyl groups is 1. The molecule has 11 N–H and O–H groups in total. The van der Waals surface area contributed by atoms with Crippen molar-refractivity contribution in [2.45, 2.75) is 51.1 Å². The topological polar surface area (TPSA) is 317 Å². The molecule has 1 aromatic heterocycles. The van der Waals surface area contributed by atoms with E-state index in [-0.39, 0.29) is 54.9 Å². The Balaban J connectivity index is 1.42. The third kappa shape index (κ3) is 10.3. The van der Waals surface area contributed by atoms with Gasteiger partial charge in [0, 0.05) is 37.7 Å². The number of pyridine rings is 1. The van der Waals surface area contributed by atoms with E-state index in [4.69, 9.17) is 16.3 Å². The maximum atomic E-state index is 13.5. The largest absolute Gasteiger partial charge is 0.503 e. The monoisotopic (exact) mass is 818 g/mol. The van der Waals surface area contributed by atoms with Crippen LogP contribution in [0, 0.1) is 0 Å². The Hall–Kier alpha value is -6.10. The number of nitrogens with one attached hydrogen (secondary N) is 3. The lowest BCUT2D eigenvalue weighted by molar-refractivity contribution is -0.150. The summed E-state index contributed by atoms with van der Waals surface area (Å²) in [6, 6.07) is -0.353. The third-order valence-corrected chi connectivity index (χ3v) is 10.4. The van der Waals surface area contributed by atoms with Gasteiger partial charge >= 0.3 is 11.9 Å². The van der Waals surface area contributed by atoms with E-state index in [0.29, 0.717) is 27.2 Å². The zero-order valence-electron chi connectivity index (χ0n) is 30.4. The number of thioether (sulfide) groups is 2. The van der Waals surface area contributed by atoms with E-state index in [0.717, 1.165) is 35.6 Å². The Morgan fingerprint density at radius 2 is 1.96 bits per heavy atom. The Labute approximate surface area is 327 Å². The number of hydrogen-bond acceptors (Lipinski definition) is 17. The molecule has 1 aromatic rings. The number of aliphatic imine (C=N–C) groups is 1. The number of aliphatic carboxylic acids is 2. The highest BCUT2D eigenvalue weighted by molar-refractivity contribution is 8.05. The Morgan fingerprint density at radius 1 is 1.23 bits per heavy atom. The lowest BCUT2D eigenvalue weighted by Gasteiger charge is -2.49. The summed E-state index contributed by atoms with van der Waals surface area (Å²) >= 11 is 2.35. The fraction of sp³-hybridized carbons (Fsp3) is 0.394. The van der Waals surface area contributed by atoms with E-state index >= 15 is 0 Å². The molecule has 1 unspecified atom stereocenters. The minimum atomic E-state index is -1.39. The number of β-lactam (4-membered cyclic amide) rings is 1. The van der Waals surface area contributed by atoms with Gasteiger partial charge in [0.1, 0.15) is 35.3 Å². The molecule has 0 radical (unpaired) electrons. The van der Waals surface area contributed by atoms with E-state index in [1.54, 1.807) is 16.5 Å². The number of oxime groups is 1. The molecule has 3 amide bonds. The summed E-state index contributed by atoms with van der Waals surface area (Å²) < 4.78 is 0.320. The highest BCUT2D eigenvalue weighted by Crippen LogP contribution is 2.40. The van der Waals surface area contributed by atoms with Gasteiger partial charge in [-0.1, -0.05) is 36.3 Å². The highest BCUT2D eigenvalue weighted by atomic mass is 32.2. The second kappa shape index (κ2) is 19.0. The highest BCUT2D eigenvalue weighted by Gasteiger charge is 2.54. The van der Waals surface area contributed by atoms with Crippen LogP contribution in [0.4, 0.5) is 0 Å². The van der Waals surface area contributed by atoms with Gasteiger partial charge in [0.2, 0.25) is 11.5 Å². The van der Waals surface area contributed by atoms with Gasteiger partial charge < -0.3 is 57.7 Å². The van der Waals surface area contributed by atoms with Crippen LogP contribution in [0.2, 0.25) is 0 Å². The number of nitrogens with zero attached hydrogens (tertiary/aromatic N) is 5. The number of carboxylic acids is 2. The van der Waals surface area contributed by atoms with Crippen molar-refractivity contribution in [2.24, 2.45) is 21.6 Å². The molecule has 302 valence electrons. The SMILES string of the molecule is CCC/C=C(\N)S/C=C(C)/C(=N/O[C@@H](C)C(=O)O)C(=O)N[C@@H]1C(=O)N2C(C(=O)O)=C(CN3C=C(NCCNC(=O)c4cc(=O)c(O)cn4O)C(N)=NC3)CSC12. The average molecular weight is 819 g/mol. The first-order valence-electron chi connectivity index (χ1n) is 16.9. The predicted octanol–water partition coefficient (Wildman–Crippen LogP) is -0.596. The maximum absolute atomic E-state index is 13.5. The molecular weight excluding hydrogens is 777 g/mol. The van der Waals surface area contributed by atoms with Crippen LogP contribution >= 0.6 is 23.5 Å². The number of amides is 3. The zero-order valence-corrected chi connectivity index (χ0v) is 32.1. The standard InChI is InChI=1S/C33H42N10O11S2/c1-4-5-6-23(34)55-13-16(2)24(40-54-17(3)32(49)50)29(47)39-25-30(48)43-26(33(51)52)18(14-56-31(25)43)10-41-11-19(27(35)38-15-41)36-7-8-37-28(46)20-9-21(44)22(45)12-42(20)53/h6,9,11-13,17,25,31,36,45,53H,4-5,7-8,10,14-15,34H2,1-3H3,(H2,35,38)(H,37,46)(H,39,47)(H,49,50)(H,51,52)/b16-13+,23-6+,40-24-/t17-,25+,31?/m0/s1. The van der Waals surface area contributed by atoms with Crippen molar-refractivity contribution in [2.75, 3.05) is 32.1 Å². The quantitative estimate of drug-likeness (QED) is 0.0294. The molecule has 1 fully saturated rings. The minimum absolute atomic E-state index is 0.0152. The van der Waals surface area contributed by atoms with Crippen LogP contribution in [0.15, 0.2) is 72.5 Å². The molecule has 56 heavy (non-hydrogen) atoms. The van der Waals surface area contributed by atoms with Crippen LogP contribution < -0.4 is 32.8 Å². The maximum Gasteiger partial charge on any atom is 0.352 e. The molecule has 0 aliphatic carbocycles. The number of aromatic nitrogens is 1. The van der Waals surface area contributed by atoms with Crippen molar-refractivity contribution in [1.82, 2.24) is 30.5 Å². The summed E-state index contributed by atoms with van der Waals surface area (Å²) in [6.45, 7) is 5.00. The van der Waals surface area contributed by atoms with E-state index in [1.165, 1.54) is 25.6 Å². The van der Waals surface area contributed by atoms with Crippen LogP contribution in [-0.4, -0.2) is 126 Å². The first-order valence-corrected chi connectivity index (χ1v) is 18.9. The minimum Gasteiger partial charge on any atom is -0.503 e. The second-order valence-corrected chi connectivity index (χ2v) is 14.4. The van der Waals surface area contributed by atoms with E-state index in [9.17, 15) is 49.3 Å². The van der Waals surface area contributed by atoms with Crippen LogP contribution in [0.1, 0.15) is 44.1 Å². The Kier molecular flexibility index (Phi) is 14.4. The normalized spacial score (nSPS) is 19.3. The Morgan fingerprint density at radius 3 is 2.64 bits per heavy atom. The molecule has 21 nitrogen and oxygen atoms in total. The summed E-state index contributed by atoms with van der Waals surface area (Å²) in [5, 5.41) is 51.8. The van der Waals surface area contributed by atoms with Crippen LogP contribution in [0.25, 0.3) is 0 Å². The number of unbranched alkanes of at least 4 members (excludes halogenated alkanes) is 1.